The van der Waals surface area contributed by atoms with Crippen LogP contribution in [0.3, 0.4) is 0 Å². The highest BCUT2D eigenvalue weighted by Crippen LogP contribution is 2.34. The van der Waals surface area contributed by atoms with Crippen molar-refractivity contribution in [1.82, 2.24) is 9.88 Å². The summed E-state index contributed by atoms with van der Waals surface area (Å²) in [6, 6.07) is 50.4. The molecule has 0 bridgehead atoms. The highest BCUT2D eigenvalue weighted by atomic mass is 16.3. The highest BCUT2D eigenvalue weighted by Gasteiger charge is 2.24. The van der Waals surface area contributed by atoms with E-state index in [0.29, 0.717) is 5.84 Å². The maximum Gasteiger partial charge on any atom is 0.211 e. The number of aromatic nitrogens is 1. The lowest BCUT2D eigenvalue weighted by Crippen LogP contribution is -2.37. The van der Waals surface area contributed by atoms with E-state index in [-0.39, 0.29) is 6.17 Å². The first kappa shape index (κ1) is 24.6. The Balaban J connectivity index is 1.21. The number of rotatable bonds is 3. The van der Waals surface area contributed by atoms with Crippen LogP contribution in [0.5, 0.6) is 0 Å². The van der Waals surface area contributed by atoms with E-state index in [1.54, 1.807) is 0 Å². The lowest BCUT2D eigenvalue weighted by atomic mass is 10.0. The van der Waals surface area contributed by atoms with E-state index in [2.05, 4.69) is 137 Å². The van der Waals surface area contributed by atoms with Crippen LogP contribution >= 0.6 is 0 Å². The van der Waals surface area contributed by atoms with E-state index in [1.165, 1.54) is 10.8 Å². The van der Waals surface area contributed by atoms with Crippen molar-refractivity contribution in [3.05, 3.63) is 157 Å². The Kier molecular flexibility index (Phi) is 5.50. The third kappa shape index (κ3) is 3.94. The standard InChI is InChI=1S/C39H26N4O/c1-2-11-25(12-3-1)37-40-38(42-39(41-37)43-33-18-7-4-15-29(33)30-16-5-8-19-34(30)43)28-14-10-13-26(23-28)27-21-22-36-32(24-27)31-17-6-9-20-35(31)44-36/h1-24,37H,(H,40,41,42). The van der Waals surface area contributed by atoms with Gasteiger partial charge in [0.25, 0.3) is 0 Å². The van der Waals surface area contributed by atoms with Gasteiger partial charge in [-0.25, -0.2) is 4.99 Å². The summed E-state index contributed by atoms with van der Waals surface area (Å²) in [6.45, 7) is 0. The minimum Gasteiger partial charge on any atom is -0.456 e. The fraction of sp³-hybridized carbons (Fsp3) is 0.0256. The van der Waals surface area contributed by atoms with E-state index < -0.39 is 0 Å². The molecular formula is C39H26N4O. The summed E-state index contributed by atoms with van der Waals surface area (Å²) in [6.07, 6.45) is -0.295. The number of nitrogens with one attached hydrogen (secondary N) is 1. The van der Waals surface area contributed by atoms with Crippen LogP contribution in [0.4, 0.5) is 0 Å². The SMILES string of the molecule is c1ccc(C2N=C(c3cccc(-c4ccc5oc6ccccc6c5c4)c3)N=C(n3c4ccccc4c4ccccc43)N2)cc1. The maximum absolute atomic E-state index is 6.08. The summed E-state index contributed by atoms with van der Waals surface area (Å²) in [5.74, 6) is 1.43. The molecule has 0 spiro atoms. The third-order valence-electron chi connectivity index (χ3n) is 8.47. The van der Waals surface area contributed by atoms with Gasteiger partial charge in [-0.3, -0.25) is 4.57 Å². The van der Waals surface area contributed by atoms with Crippen molar-refractivity contribution in [3.8, 4) is 11.1 Å². The van der Waals surface area contributed by atoms with Gasteiger partial charge in [0, 0.05) is 27.1 Å². The summed E-state index contributed by atoms with van der Waals surface area (Å²) in [5, 5.41) is 8.26. The lowest BCUT2D eigenvalue weighted by Gasteiger charge is -2.24. The number of amidine groups is 1. The van der Waals surface area contributed by atoms with Crippen molar-refractivity contribution < 1.29 is 4.42 Å². The van der Waals surface area contributed by atoms with E-state index >= 15 is 0 Å². The minimum atomic E-state index is -0.295. The Morgan fingerprint density at radius 1 is 0.523 bits per heavy atom. The molecule has 9 rings (SSSR count). The monoisotopic (exact) mass is 566 g/mol. The maximum atomic E-state index is 6.08. The van der Waals surface area contributed by atoms with Crippen LogP contribution in [0.2, 0.25) is 0 Å². The van der Waals surface area contributed by atoms with Crippen molar-refractivity contribution in [1.29, 1.82) is 0 Å². The summed E-state index contributed by atoms with van der Waals surface area (Å²) in [5.41, 5.74) is 8.24. The van der Waals surface area contributed by atoms with Gasteiger partial charge in [-0.15, -0.1) is 0 Å². The van der Waals surface area contributed by atoms with Gasteiger partial charge < -0.3 is 9.73 Å². The normalized spacial score (nSPS) is 15.0. The van der Waals surface area contributed by atoms with E-state index in [4.69, 9.17) is 14.4 Å². The number of benzene rings is 6. The van der Waals surface area contributed by atoms with Crippen LogP contribution in [0.1, 0.15) is 17.3 Å². The second-order valence-electron chi connectivity index (χ2n) is 11.1. The molecule has 2 aromatic heterocycles. The fourth-order valence-electron chi connectivity index (χ4n) is 6.38. The smallest absolute Gasteiger partial charge is 0.211 e. The molecule has 3 heterocycles. The molecule has 0 aliphatic carbocycles. The first-order valence-corrected chi connectivity index (χ1v) is 14.8. The van der Waals surface area contributed by atoms with Crippen molar-refractivity contribution in [3.63, 3.8) is 0 Å². The van der Waals surface area contributed by atoms with E-state index in [1.807, 2.05) is 18.2 Å². The topological polar surface area (TPSA) is 54.8 Å². The molecule has 1 atom stereocenters. The zero-order chi connectivity index (χ0) is 29.0. The molecule has 208 valence electrons. The highest BCUT2D eigenvalue weighted by molar-refractivity contribution is 6.17. The second-order valence-corrected chi connectivity index (χ2v) is 11.1. The number of fused-ring (bicyclic) bond motifs is 6. The van der Waals surface area contributed by atoms with Gasteiger partial charge in [-0.2, -0.15) is 4.99 Å². The largest absolute Gasteiger partial charge is 0.456 e. The molecule has 0 saturated heterocycles. The number of para-hydroxylation sites is 3. The van der Waals surface area contributed by atoms with Crippen LogP contribution in [0.25, 0.3) is 54.9 Å². The Morgan fingerprint density at radius 2 is 1.16 bits per heavy atom. The van der Waals surface area contributed by atoms with Crippen molar-refractivity contribution in [2.24, 2.45) is 9.98 Å². The molecule has 5 heteroatoms. The minimum absolute atomic E-state index is 0.295. The van der Waals surface area contributed by atoms with Crippen LogP contribution in [0.15, 0.2) is 160 Å². The van der Waals surface area contributed by atoms with Crippen LogP contribution < -0.4 is 5.32 Å². The second kappa shape index (κ2) is 9.82. The summed E-state index contributed by atoms with van der Waals surface area (Å²) in [4.78, 5) is 10.3. The number of aliphatic imine (C=N–C) groups is 2. The molecule has 0 fully saturated rings. The molecule has 0 radical (unpaired) electrons. The molecule has 1 N–H and O–H groups in total. The average Bonchev–Trinajstić information content (AvgIpc) is 3.64. The molecule has 5 nitrogen and oxygen atoms in total. The summed E-state index contributed by atoms with van der Waals surface area (Å²) in [7, 11) is 0. The Hall–Kier alpha value is -5.94. The first-order valence-electron chi connectivity index (χ1n) is 14.8. The van der Waals surface area contributed by atoms with Crippen molar-refractivity contribution in [2.45, 2.75) is 6.17 Å². The van der Waals surface area contributed by atoms with Gasteiger partial charge in [0.2, 0.25) is 5.96 Å². The van der Waals surface area contributed by atoms with Gasteiger partial charge in [0.1, 0.15) is 17.3 Å². The molecule has 1 unspecified atom stereocenters. The number of furan rings is 1. The fourth-order valence-corrected chi connectivity index (χ4v) is 6.38. The van der Waals surface area contributed by atoms with Crippen molar-refractivity contribution >= 4 is 55.5 Å². The molecule has 1 aliphatic rings. The predicted molar refractivity (Wildman–Crippen MR) is 180 cm³/mol. The Labute approximate surface area is 253 Å². The molecule has 0 amide bonds. The molecule has 8 aromatic rings. The van der Waals surface area contributed by atoms with E-state index in [9.17, 15) is 0 Å². The molecule has 0 saturated carbocycles. The zero-order valence-corrected chi connectivity index (χ0v) is 23.7. The molecule has 44 heavy (non-hydrogen) atoms. The Morgan fingerprint density at radius 3 is 1.95 bits per heavy atom. The quantitative estimate of drug-likeness (QED) is 0.232. The lowest BCUT2D eigenvalue weighted by molar-refractivity contribution is 0.661. The summed E-state index contributed by atoms with van der Waals surface area (Å²) < 4.78 is 8.30. The molecule has 1 aliphatic heterocycles. The predicted octanol–water partition coefficient (Wildman–Crippen LogP) is 9.31. The van der Waals surface area contributed by atoms with Gasteiger partial charge >= 0.3 is 0 Å². The average molecular weight is 567 g/mol. The van der Waals surface area contributed by atoms with Gasteiger partial charge in [-0.1, -0.05) is 109 Å². The molecule has 6 aromatic carbocycles. The number of hydrogen-bond donors (Lipinski definition) is 1. The van der Waals surface area contributed by atoms with Crippen molar-refractivity contribution in [2.75, 3.05) is 0 Å². The van der Waals surface area contributed by atoms with Gasteiger partial charge in [0.05, 0.1) is 11.0 Å². The number of nitrogens with zero attached hydrogens (tertiary/aromatic N) is 3. The summed E-state index contributed by atoms with van der Waals surface area (Å²) >= 11 is 0. The first-order chi connectivity index (χ1) is 21.8. The Bertz CT molecular complexity index is 2380. The van der Waals surface area contributed by atoms with Gasteiger partial charge in [-0.05, 0) is 53.1 Å². The zero-order valence-electron chi connectivity index (χ0n) is 23.7. The number of hydrogen-bond acceptors (Lipinski definition) is 4. The third-order valence-corrected chi connectivity index (χ3v) is 8.47. The molecular weight excluding hydrogens is 540 g/mol. The van der Waals surface area contributed by atoms with Gasteiger partial charge in [0.15, 0.2) is 5.84 Å². The van der Waals surface area contributed by atoms with Crippen LogP contribution in [0, 0.1) is 0 Å². The van der Waals surface area contributed by atoms with E-state index in [0.717, 1.165) is 61.2 Å². The van der Waals surface area contributed by atoms with Crippen LogP contribution in [-0.4, -0.2) is 16.4 Å². The van der Waals surface area contributed by atoms with Crippen LogP contribution in [-0.2, 0) is 0 Å².